The molecule has 0 spiro atoms. The molecule has 0 atom stereocenters. The van der Waals surface area contributed by atoms with Crippen molar-refractivity contribution in [1.29, 1.82) is 0 Å². The van der Waals surface area contributed by atoms with E-state index in [9.17, 15) is 9.59 Å². The van der Waals surface area contributed by atoms with Crippen LogP contribution in [0.1, 0.15) is 18.1 Å². The fourth-order valence-electron chi connectivity index (χ4n) is 2.13. The first-order chi connectivity index (χ1) is 11.5. The van der Waals surface area contributed by atoms with Gasteiger partial charge in [-0.15, -0.1) is 0 Å². The quantitative estimate of drug-likeness (QED) is 0.768. The zero-order chi connectivity index (χ0) is 17.4. The third kappa shape index (κ3) is 5.61. The number of carboxylic acid groups (broad SMARTS) is 1. The first-order valence-corrected chi connectivity index (χ1v) is 7.54. The van der Waals surface area contributed by atoms with Crippen LogP contribution in [0.15, 0.2) is 60.3 Å². The van der Waals surface area contributed by atoms with Crippen molar-refractivity contribution in [3.63, 3.8) is 0 Å². The van der Waals surface area contributed by atoms with Crippen molar-refractivity contribution in [2.24, 2.45) is 0 Å². The topological polar surface area (TPSA) is 75.6 Å². The highest BCUT2D eigenvalue weighted by Gasteiger charge is 2.09. The predicted octanol–water partition coefficient (Wildman–Crippen LogP) is 2.87. The summed E-state index contributed by atoms with van der Waals surface area (Å²) in [6.07, 6.45) is 2.18. The fraction of sp³-hybridized carbons (Fsp3) is 0.158. The molecule has 24 heavy (non-hydrogen) atoms. The Labute approximate surface area is 140 Å². The summed E-state index contributed by atoms with van der Waals surface area (Å²) >= 11 is 0. The Kier molecular flexibility index (Phi) is 6.14. The molecule has 0 unspecified atom stereocenters. The van der Waals surface area contributed by atoms with E-state index in [1.165, 1.54) is 18.6 Å². The molecule has 0 saturated heterocycles. The van der Waals surface area contributed by atoms with Gasteiger partial charge in [-0.2, -0.15) is 0 Å². The van der Waals surface area contributed by atoms with Gasteiger partial charge in [0.2, 0.25) is 5.91 Å². The molecule has 2 rings (SSSR count). The van der Waals surface area contributed by atoms with Gasteiger partial charge >= 0.3 is 5.97 Å². The molecule has 124 valence electrons. The second-order valence-electron chi connectivity index (χ2n) is 5.20. The number of aliphatic carboxylic acids is 1. The molecule has 1 amide bonds. The minimum atomic E-state index is -1.19. The standard InChI is InChI=1S/C19H19NO4/c1-14(21)20-18(19(22)23)13-16-8-5-9-17(12-16)24-11-10-15-6-3-2-4-7-15/h2-9,12-13H,10-11H2,1H3,(H,20,21)(H,22,23)/b18-13+. The van der Waals surface area contributed by atoms with Gasteiger partial charge in [-0.3, -0.25) is 4.79 Å². The maximum atomic E-state index is 11.1. The normalized spacial score (nSPS) is 11.0. The number of carbonyl (C=O) groups excluding carboxylic acids is 1. The number of rotatable bonds is 7. The maximum absolute atomic E-state index is 11.1. The van der Waals surface area contributed by atoms with Gasteiger partial charge in [0, 0.05) is 13.3 Å². The highest BCUT2D eigenvalue weighted by molar-refractivity contribution is 5.96. The molecule has 0 heterocycles. The molecule has 2 aromatic rings. The second-order valence-corrected chi connectivity index (χ2v) is 5.20. The van der Waals surface area contributed by atoms with E-state index in [0.717, 1.165) is 6.42 Å². The summed E-state index contributed by atoms with van der Waals surface area (Å²) in [6.45, 7) is 1.79. The Morgan fingerprint density at radius 2 is 1.88 bits per heavy atom. The number of benzene rings is 2. The molecular weight excluding hydrogens is 306 g/mol. The molecule has 2 aromatic carbocycles. The van der Waals surface area contributed by atoms with Crippen LogP contribution in [0.3, 0.4) is 0 Å². The van der Waals surface area contributed by atoms with E-state index in [4.69, 9.17) is 9.84 Å². The zero-order valence-electron chi connectivity index (χ0n) is 13.4. The van der Waals surface area contributed by atoms with Crippen molar-refractivity contribution in [3.05, 3.63) is 71.4 Å². The number of carboxylic acids is 1. The van der Waals surface area contributed by atoms with E-state index in [-0.39, 0.29) is 5.70 Å². The lowest BCUT2D eigenvalue weighted by Crippen LogP contribution is -2.24. The van der Waals surface area contributed by atoms with Crippen LogP contribution < -0.4 is 10.1 Å². The number of nitrogens with one attached hydrogen (secondary N) is 1. The van der Waals surface area contributed by atoms with Crippen molar-refractivity contribution >= 4 is 18.0 Å². The number of carbonyl (C=O) groups is 2. The maximum Gasteiger partial charge on any atom is 0.352 e. The number of hydrogen-bond acceptors (Lipinski definition) is 3. The lowest BCUT2D eigenvalue weighted by molar-refractivity contribution is -0.134. The molecule has 0 fully saturated rings. The van der Waals surface area contributed by atoms with Gasteiger partial charge in [-0.25, -0.2) is 4.79 Å². The van der Waals surface area contributed by atoms with Crippen molar-refractivity contribution < 1.29 is 19.4 Å². The molecule has 0 aliphatic rings. The molecule has 5 nitrogen and oxygen atoms in total. The first kappa shape index (κ1) is 17.3. The first-order valence-electron chi connectivity index (χ1n) is 7.54. The minimum Gasteiger partial charge on any atom is -0.493 e. The van der Waals surface area contributed by atoms with Gasteiger partial charge in [0.15, 0.2) is 0 Å². The minimum absolute atomic E-state index is 0.177. The lowest BCUT2D eigenvalue weighted by Gasteiger charge is -2.08. The smallest absolute Gasteiger partial charge is 0.352 e. The Balaban J connectivity index is 2.02. The fourth-order valence-corrected chi connectivity index (χ4v) is 2.13. The highest BCUT2D eigenvalue weighted by atomic mass is 16.5. The summed E-state index contributed by atoms with van der Waals surface area (Å²) in [6, 6.07) is 17.1. The molecule has 5 heteroatoms. The summed E-state index contributed by atoms with van der Waals surface area (Å²) < 4.78 is 5.71. The van der Waals surface area contributed by atoms with E-state index >= 15 is 0 Å². The number of hydrogen-bond donors (Lipinski definition) is 2. The number of amides is 1. The van der Waals surface area contributed by atoms with E-state index in [1.54, 1.807) is 24.3 Å². The van der Waals surface area contributed by atoms with Gasteiger partial charge in [0.1, 0.15) is 11.4 Å². The van der Waals surface area contributed by atoms with E-state index in [0.29, 0.717) is 17.9 Å². The Bertz CT molecular complexity index is 738. The Morgan fingerprint density at radius 1 is 1.12 bits per heavy atom. The summed E-state index contributed by atoms with van der Waals surface area (Å²) in [5.41, 5.74) is 1.65. The molecule has 0 bridgehead atoms. The van der Waals surface area contributed by atoms with Crippen LogP contribution in [0.2, 0.25) is 0 Å². The van der Waals surface area contributed by atoms with Crippen molar-refractivity contribution in [2.45, 2.75) is 13.3 Å². The summed E-state index contributed by atoms with van der Waals surface area (Å²) in [5.74, 6) is -0.980. The summed E-state index contributed by atoms with van der Waals surface area (Å²) in [7, 11) is 0. The van der Waals surface area contributed by atoms with Gasteiger partial charge in [-0.05, 0) is 29.3 Å². The SMILES string of the molecule is CC(=O)N/C(=C/c1cccc(OCCc2ccccc2)c1)C(=O)O. The van der Waals surface area contributed by atoms with Gasteiger partial charge < -0.3 is 15.2 Å². The van der Waals surface area contributed by atoms with Crippen molar-refractivity contribution in [2.75, 3.05) is 6.61 Å². The summed E-state index contributed by atoms with van der Waals surface area (Å²) in [4.78, 5) is 22.2. The molecular formula is C19H19NO4. The molecule has 0 radical (unpaired) electrons. The third-order valence-corrected chi connectivity index (χ3v) is 3.21. The molecule has 0 aliphatic heterocycles. The monoisotopic (exact) mass is 325 g/mol. The molecule has 0 aliphatic carbocycles. The van der Waals surface area contributed by atoms with Crippen molar-refractivity contribution in [1.82, 2.24) is 5.32 Å². The highest BCUT2D eigenvalue weighted by Crippen LogP contribution is 2.16. The average Bonchev–Trinajstić information content (AvgIpc) is 2.55. The third-order valence-electron chi connectivity index (χ3n) is 3.21. The number of ether oxygens (including phenoxy) is 1. The van der Waals surface area contributed by atoms with Crippen LogP contribution in [0.25, 0.3) is 6.08 Å². The van der Waals surface area contributed by atoms with Gasteiger partial charge in [-0.1, -0.05) is 42.5 Å². The predicted molar refractivity (Wildman–Crippen MR) is 91.5 cm³/mol. The van der Waals surface area contributed by atoms with Crippen LogP contribution >= 0.6 is 0 Å². The van der Waals surface area contributed by atoms with Crippen LogP contribution in [0.4, 0.5) is 0 Å². The largest absolute Gasteiger partial charge is 0.493 e. The van der Waals surface area contributed by atoms with Crippen molar-refractivity contribution in [3.8, 4) is 5.75 Å². The van der Waals surface area contributed by atoms with Crippen LogP contribution in [-0.2, 0) is 16.0 Å². The lowest BCUT2D eigenvalue weighted by atomic mass is 10.1. The van der Waals surface area contributed by atoms with Crippen LogP contribution in [0.5, 0.6) is 5.75 Å². The molecule has 2 N–H and O–H groups in total. The van der Waals surface area contributed by atoms with E-state index in [2.05, 4.69) is 5.32 Å². The van der Waals surface area contributed by atoms with Crippen LogP contribution in [-0.4, -0.2) is 23.6 Å². The zero-order valence-corrected chi connectivity index (χ0v) is 13.4. The Morgan fingerprint density at radius 3 is 2.54 bits per heavy atom. The van der Waals surface area contributed by atoms with Crippen LogP contribution in [0, 0.1) is 0 Å². The van der Waals surface area contributed by atoms with E-state index in [1.807, 2.05) is 30.3 Å². The van der Waals surface area contributed by atoms with E-state index < -0.39 is 11.9 Å². The van der Waals surface area contributed by atoms with Gasteiger partial charge in [0.25, 0.3) is 0 Å². The molecule has 0 aromatic heterocycles. The second kappa shape index (κ2) is 8.53. The van der Waals surface area contributed by atoms with Gasteiger partial charge in [0.05, 0.1) is 6.61 Å². The average molecular weight is 325 g/mol. The molecule has 0 saturated carbocycles. The summed E-state index contributed by atoms with van der Waals surface area (Å²) in [5, 5.41) is 11.4. The Hall–Kier alpha value is -3.08.